The summed E-state index contributed by atoms with van der Waals surface area (Å²) in [4.78, 5) is 14.1. The van der Waals surface area contributed by atoms with Crippen molar-refractivity contribution < 1.29 is 9.53 Å². The van der Waals surface area contributed by atoms with Crippen LogP contribution < -0.4 is 0 Å². The van der Waals surface area contributed by atoms with Crippen LogP contribution >= 0.6 is 11.8 Å². The van der Waals surface area contributed by atoms with E-state index in [2.05, 4.69) is 24.3 Å². The van der Waals surface area contributed by atoms with Gasteiger partial charge in [-0.15, -0.1) is 0 Å². The van der Waals surface area contributed by atoms with Gasteiger partial charge in [0.2, 0.25) is 0 Å². The van der Waals surface area contributed by atoms with Gasteiger partial charge in [0.1, 0.15) is 6.61 Å². The third kappa shape index (κ3) is 4.52. The van der Waals surface area contributed by atoms with Crippen LogP contribution in [0.25, 0.3) is 0 Å². The van der Waals surface area contributed by atoms with Crippen LogP contribution in [0.15, 0.2) is 60.7 Å². The fourth-order valence-corrected chi connectivity index (χ4v) is 3.93. The number of thioether (sulfide) groups is 1. The average molecular weight is 327 g/mol. The first kappa shape index (κ1) is 15.9. The summed E-state index contributed by atoms with van der Waals surface area (Å²) in [6, 6.07) is 20.3. The fraction of sp³-hybridized carbons (Fsp3) is 0.316. The molecule has 0 spiro atoms. The molecule has 4 heteroatoms. The second-order valence-corrected chi connectivity index (χ2v) is 6.90. The summed E-state index contributed by atoms with van der Waals surface area (Å²) in [6.45, 7) is 1.84. The van der Waals surface area contributed by atoms with Crippen molar-refractivity contribution in [2.75, 3.05) is 18.8 Å². The Morgan fingerprint density at radius 1 is 1.04 bits per heavy atom. The number of hydrogen-bond donors (Lipinski definition) is 0. The Bertz CT molecular complexity index is 618. The van der Waals surface area contributed by atoms with Crippen LogP contribution in [0, 0.1) is 0 Å². The summed E-state index contributed by atoms with van der Waals surface area (Å²) in [5.41, 5.74) is 2.37. The minimum absolute atomic E-state index is 0.205. The highest BCUT2D eigenvalue weighted by atomic mass is 32.2. The topological polar surface area (TPSA) is 29.5 Å². The molecular formula is C19H21NO2S. The van der Waals surface area contributed by atoms with E-state index in [9.17, 15) is 4.79 Å². The van der Waals surface area contributed by atoms with Gasteiger partial charge in [0, 0.05) is 24.1 Å². The van der Waals surface area contributed by atoms with E-state index >= 15 is 0 Å². The minimum Gasteiger partial charge on any atom is -0.445 e. The maximum Gasteiger partial charge on any atom is 0.410 e. The Hall–Kier alpha value is -1.94. The SMILES string of the molecule is O=C(OCc1ccccc1)N1CCSC(c2ccccc2)CC1. The normalized spacial score (nSPS) is 18.3. The molecule has 1 amide bonds. The largest absolute Gasteiger partial charge is 0.445 e. The zero-order valence-corrected chi connectivity index (χ0v) is 13.9. The van der Waals surface area contributed by atoms with Gasteiger partial charge in [-0.2, -0.15) is 11.8 Å². The minimum atomic E-state index is -0.205. The van der Waals surface area contributed by atoms with Crippen molar-refractivity contribution in [2.45, 2.75) is 18.3 Å². The van der Waals surface area contributed by atoms with Gasteiger partial charge in [0.25, 0.3) is 0 Å². The molecule has 2 aromatic rings. The van der Waals surface area contributed by atoms with Gasteiger partial charge < -0.3 is 9.64 Å². The molecule has 0 radical (unpaired) electrons. The second kappa shape index (κ2) is 8.06. The van der Waals surface area contributed by atoms with E-state index in [-0.39, 0.29) is 6.09 Å². The van der Waals surface area contributed by atoms with Crippen LogP contribution in [0.1, 0.15) is 22.8 Å². The zero-order chi connectivity index (χ0) is 15.9. The van der Waals surface area contributed by atoms with Crippen LogP contribution in [-0.4, -0.2) is 29.8 Å². The van der Waals surface area contributed by atoms with E-state index in [0.29, 0.717) is 11.9 Å². The lowest BCUT2D eigenvalue weighted by atomic mass is 10.1. The molecule has 0 aliphatic carbocycles. The highest BCUT2D eigenvalue weighted by Gasteiger charge is 2.22. The molecule has 3 rings (SSSR count). The van der Waals surface area contributed by atoms with Crippen LogP contribution in [-0.2, 0) is 11.3 Å². The summed E-state index contributed by atoms with van der Waals surface area (Å²) < 4.78 is 5.44. The molecule has 1 heterocycles. The van der Waals surface area contributed by atoms with E-state index < -0.39 is 0 Å². The molecule has 0 N–H and O–H groups in total. The van der Waals surface area contributed by atoms with Crippen molar-refractivity contribution in [3.05, 3.63) is 71.8 Å². The molecule has 1 aliphatic rings. The van der Waals surface area contributed by atoms with Crippen molar-refractivity contribution in [2.24, 2.45) is 0 Å². The highest BCUT2D eigenvalue weighted by Crippen LogP contribution is 2.34. The van der Waals surface area contributed by atoms with Gasteiger partial charge in [-0.25, -0.2) is 4.79 Å². The number of amides is 1. The summed E-state index contributed by atoms with van der Waals surface area (Å²) in [5, 5.41) is 0.461. The lowest BCUT2D eigenvalue weighted by Crippen LogP contribution is -2.33. The fourth-order valence-electron chi connectivity index (χ4n) is 2.70. The van der Waals surface area contributed by atoms with Crippen LogP contribution in [0.4, 0.5) is 4.79 Å². The summed E-state index contributed by atoms with van der Waals surface area (Å²) in [5.74, 6) is 0.944. The molecule has 2 aromatic carbocycles. The molecule has 23 heavy (non-hydrogen) atoms. The lowest BCUT2D eigenvalue weighted by Gasteiger charge is -2.20. The third-order valence-corrected chi connectivity index (χ3v) is 5.30. The van der Waals surface area contributed by atoms with Gasteiger partial charge in [0.15, 0.2) is 0 Å². The van der Waals surface area contributed by atoms with Gasteiger partial charge in [-0.1, -0.05) is 60.7 Å². The molecule has 0 saturated carbocycles. The Kier molecular flexibility index (Phi) is 5.59. The van der Waals surface area contributed by atoms with Crippen molar-refractivity contribution in [3.8, 4) is 0 Å². The Labute approximate surface area is 141 Å². The number of benzene rings is 2. The first-order chi connectivity index (χ1) is 11.3. The summed E-state index contributed by atoms with van der Waals surface area (Å²) >= 11 is 1.92. The Morgan fingerprint density at radius 3 is 2.48 bits per heavy atom. The predicted molar refractivity (Wildman–Crippen MR) is 94.5 cm³/mol. The number of hydrogen-bond acceptors (Lipinski definition) is 3. The van der Waals surface area contributed by atoms with E-state index in [0.717, 1.165) is 30.8 Å². The molecule has 1 saturated heterocycles. The van der Waals surface area contributed by atoms with Crippen LogP contribution in [0.5, 0.6) is 0 Å². The second-order valence-electron chi connectivity index (χ2n) is 5.59. The van der Waals surface area contributed by atoms with E-state index in [1.807, 2.05) is 53.1 Å². The molecule has 1 unspecified atom stereocenters. The molecule has 1 fully saturated rings. The average Bonchev–Trinajstić information content (AvgIpc) is 2.87. The van der Waals surface area contributed by atoms with Gasteiger partial charge >= 0.3 is 6.09 Å². The molecule has 120 valence electrons. The van der Waals surface area contributed by atoms with Gasteiger partial charge in [0.05, 0.1) is 0 Å². The van der Waals surface area contributed by atoms with Crippen molar-refractivity contribution in [3.63, 3.8) is 0 Å². The van der Waals surface area contributed by atoms with Crippen molar-refractivity contribution in [1.82, 2.24) is 4.90 Å². The smallest absolute Gasteiger partial charge is 0.410 e. The number of carbonyl (C=O) groups is 1. The van der Waals surface area contributed by atoms with Crippen molar-refractivity contribution >= 4 is 17.9 Å². The van der Waals surface area contributed by atoms with Gasteiger partial charge in [-0.3, -0.25) is 0 Å². The number of rotatable bonds is 3. The quantitative estimate of drug-likeness (QED) is 0.831. The highest BCUT2D eigenvalue weighted by molar-refractivity contribution is 7.99. The van der Waals surface area contributed by atoms with E-state index in [1.54, 1.807) is 0 Å². The van der Waals surface area contributed by atoms with Crippen LogP contribution in [0.3, 0.4) is 0 Å². The summed E-state index contributed by atoms with van der Waals surface area (Å²) in [6.07, 6.45) is 0.762. The first-order valence-electron chi connectivity index (χ1n) is 7.95. The maximum atomic E-state index is 12.3. The lowest BCUT2D eigenvalue weighted by molar-refractivity contribution is 0.0985. The van der Waals surface area contributed by atoms with E-state index in [4.69, 9.17) is 4.74 Å². The van der Waals surface area contributed by atoms with Crippen LogP contribution in [0.2, 0.25) is 0 Å². The summed E-state index contributed by atoms with van der Waals surface area (Å²) in [7, 11) is 0. The Balaban J connectivity index is 1.52. The molecule has 1 aliphatic heterocycles. The monoisotopic (exact) mass is 327 g/mol. The third-order valence-electron chi connectivity index (χ3n) is 3.98. The first-order valence-corrected chi connectivity index (χ1v) is 9.00. The predicted octanol–water partition coefficient (Wildman–Crippen LogP) is 4.50. The number of carbonyl (C=O) groups excluding carboxylic acids is 1. The molecule has 0 aromatic heterocycles. The Morgan fingerprint density at radius 2 is 1.74 bits per heavy atom. The number of ether oxygens (including phenoxy) is 1. The molecular weight excluding hydrogens is 306 g/mol. The maximum absolute atomic E-state index is 12.3. The van der Waals surface area contributed by atoms with Gasteiger partial charge in [-0.05, 0) is 17.5 Å². The molecule has 3 nitrogen and oxygen atoms in total. The van der Waals surface area contributed by atoms with Crippen molar-refractivity contribution in [1.29, 1.82) is 0 Å². The van der Waals surface area contributed by atoms with E-state index in [1.165, 1.54) is 5.56 Å². The molecule has 0 bridgehead atoms. The standard InChI is InChI=1S/C19H21NO2S/c21-19(22-15-16-7-3-1-4-8-16)20-12-11-18(23-14-13-20)17-9-5-2-6-10-17/h1-10,18H,11-15H2. The number of nitrogens with zero attached hydrogens (tertiary/aromatic N) is 1. The zero-order valence-electron chi connectivity index (χ0n) is 13.1. The molecule has 1 atom stereocenters.